The molecule has 0 spiro atoms. The van der Waals surface area contributed by atoms with E-state index < -0.39 is 0 Å². The molecule has 0 aliphatic rings. The van der Waals surface area contributed by atoms with E-state index in [9.17, 15) is 4.79 Å². The van der Waals surface area contributed by atoms with Gasteiger partial charge in [0.15, 0.2) is 4.77 Å². The van der Waals surface area contributed by atoms with E-state index in [1.54, 1.807) is 0 Å². The second-order valence-corrected chi connectivity index (χ2v) is 5.89. The number of hydrogen-bond acceptors (Lipinski definition) is 5. The summed E-state index contributed by atoms with van der Waals surface area (Å²) in [6, 6.07) is 1.89. The molecule has 2 N–H and O–H groups in total. The van der Waals surface area contributed by atoms with E-state index in [2.05, 4.69) is 20.2 Å². The van der Waals surface area contributed by atoms with Gasteiger partial charge in [-0.05, 0) is 52.3 Å². The van der Waals surface area contributed by atoms with Gasteiger partial charge < -0.3 is 15.2 Å². The molecule has 106 valence electrons. The van der Waals surface area contributed by atoms with Crippen LogP contribution in [0.15, 0.2) is 11.1 Å². The number of aromatic amines is 1. The first-order chi connectivity index (χ1) is 8.97. The average molecular weight is 300 g/mol. The lowest BCUT2D eigenvalue weighted by Gasteiger charge is -2.09. The van der Waals surface area contributed by atoms with Gasteiger partial charge in [0, 0.05) is 12.2 Å². The van der Waals surface area contributed by atoms with E-state index >= 15 is 0 Å². The van der Waals surface area contributed by atoms with Crippen LogP contribution in [0.2, 0.25) is 0 Å². The second-order valence-electron chi connectivity index (χ2n) is 4.50. The SMILES string of the molecule is Cc1cc(SCC(=O)NCCCN(C)C)nc(=S)[nH]1. The molecule has 0 aromatic carbocycles. The van der Waals surface area contributed by atoms with Gasteiger partial charge in [0.05, 0.1) is 5.75 Å². The van der Waals surface area contributed by atoms with Crippen LogP contribution in [0, 0.1) is 11.7 Å². The maximum atomic E-state index is 11.6. The van der Waals surface area contributed by atoms with Crippen molar-refractivity contribution in [3.8, 4) is 0 Å². The fraction of sp³-hybridized carbons (Fsp3) is 0.583. The van der Waals surface area contributed by atoms with Crippen LogP contribution in [-0.2, 0) is 4.79 Å². The number of H-pyrrole nitrogens is 1. The zero-order valence-electron chi connectivity index (χ0n) is 11.5. The molecule has 0 aliphatic heterocycles. The Balaban J connectivity index is 2.28. The van der Waals surface area contributed by atoms with Crippen LogP contribution < -0.4 is 5.32 Å². The first-order valence-corrected chi connectivity index (χ1v) is 7.49. The lowest BCUT2D eigenvalue weighted by Crippen LogP contribution is -2.28. The summed E-state index contributed by atoms with van der Waals surface area (Å²) in [5.41, 5.74) is 0.953. The number of aromatic nitrogens is 2. The molecule has 0 atom stereocenters. The van der Waals surface area contributed by atoms with Crippen LogP contribution in [0.5, 0.6) is 0 Å². The number of aryl methyl sites for hydroxylation is 1. The number of amides is 1. The highest BCUT2D eigenvalue weighted by Crippen LogP contribution is 2.14. The second kappa shape index (κ2) is 8.29. The molecule has 0 aliphatic carbocycles. The van der Waals surface area contributed by atoms with Gasteiger partial charge in [-0.25, -0.2) is 4.98 Å². The molecule has 5 nitrogen and oxygen atoms in total. The van der Waals surface area contributed by atoms with Crippen molar-refractivity contribution >= 4 is 29.9 Å². The van der Waals surface area contributed by atoms with Gasteiger partial charge >= 0.3 is 0 Å². The molecule has 7 heteroatoms. The van der Waals surface area contributed by atoms with Gasteiger partial charge in [-0.15, -0.1) is 0 Å². The van der Waals surface area contributed by atoms with Gasteiger partial charge in [0.2, 0.25) is 5.91 Å². The number of hydrogen-bond donors (Lipinski definition) is 2. The smallest absolute Gasteiger partial charge is 0.230 e. The van der Waals surface area contributed by atoms with Crippen molar-refractivity contribution in [2.24, 2.45) is 0 Å². The maximum absolute atomic E-state index is 11.6. The summed E-state index contributed by atoms with van der Waals surface area (Å²) in [7, 11) is 4.04. The Hall–Kier alpha value is -0.920. The molecule has 0 saturated heterocycles. The summed E-state index contributed by atoms with van der Waals surface area (Å²) >= 11 is 6.39. The van der Waals surface area contributed by atoms with E-state index in [1.807, 2.05) is 27.1 Å². The number of thioether (sulfide) groups is 1. The van der Waals surface area contributed by atoms with Crippen molar-refractivity contribution in [2.75, 3.05) is 32.9 Å². The van der Waals surface area contributed by atoms with E-state index in [1.165, 1.54) is 11.8 Å². The van der Waals surface area contributed by atoms with Crippen molar-refractivity contribution in [1.29, 1.82) is 0 Å². The van der Waals surface area contributed by atoms with Gasteiger partial charge in [-0.1, -0.05) is 11.8 Å². The number of carbonyl (C=O) groups is 1. The van der Waals surface area contributed by atoms with E-state index in [0.717, 1.165) is 23.7 Å². The molecule has 1 rings (SSSR count). The van der Waals surface area contributed by atoms with E-state index in [-0.39, 0.29) is 5.91 Å². The minimum absolute atomic E-state index is 0.0296. The van der Waals surface area contributed by atoms with Crippen molar-refractivity contribution in [2.45, 2.75) is 18.4 Å². The first kappa shape index (κ1) is 16.1. The van der Waals surface area contributed by atoms with Gasteiger partial charge in [-0.2, -0.15) is 0 Å². The van der Waals surface area contributed by atoms with Crippen LogP contribution in [0.3, 0.4) is 0 Å². The molecule has 19 heavy (non-hydrogen) atoms. The molecule has 0 saturated carbocycles. The highest BCUT2D eigenvalue weighted by molar-refractivity contribution is 7.99. The molecule has 1 aromatic rings. The van der Waals surface area contributed by atoms with Crippen LogP contribution in [0.4, 0.5) is 0 Å². The minimum Gasteiger partial charge on any atom is -0.355 e. The Kier molecular flexibility index (Phi) is 7.04. The Morgan fingerprint density at radius 1 is 1.58 bits per heavy atom. The van der Waals surface area contributed by atoms with Crippen molar-refractivity contribution < 1.29 is 4.79 Å². The lowest BCUT2D eigenvalue weighted by atomic mass is 10.4. The van der Waals surface area contributed by atoms with E-state index in [0.29, 0.717) is 17.1 Å². The highest BCUT2D eigenvalue weighted by Gasteiger charge is 2.04. The summed E-state index contributed by atoms with van der Waals surface area (Å²) in [4.78, 5) is 20.8. The third kappa shape index (κ3) is 7.29. The quantitative estimate of drug-likeness (QED) is 0.347. The van der Waals surface area contributed by atoms with Gasteiger partial charge in [0.1, 0.15) is 5.03 Å². The summed E-state index contributed by atoms with van der Waals surface area (Å²) in [5, 5.41) is 3.67. The van der Waals surface area contributed by atoms with Gasteiger partial charge in [-0.3, -0.25) is 4.79 Å². The van der Waals surface area contributed by atoms with Gasteiger partial charge in [0.25, 0.3) is 0 Å². The molecular weight excluding hydrogens is 280 g/mol. The topological polar surface area (TPSA) is 61.0 Å². The zero-order chi connectivity index (χ0) is 14.3. The standard InChI is InChI=1S/C12H20N4OS2/c1-9-7-11(15-12(18)14-9)19-8-10(17)13-5-4-6-16(2)3/h7H,4-6,8H2,1-3H3,(H,13,17)(H,14,15,18). The predicted molar refractivity (Wildman–Crippen MR) is 81.1 cm³/mol. The molecule has 0 fully saturated rings. The summed E-state index contributed by atoms with van der Waals surface area (Å²) in [6.07, 6.45) is 0.956. The fourth-order valence-electron chi connectivity index (χ4n) is 1.44. The molecule has 1 heterocycles. The maximum Gasteiger partial charge on any atom is 0.230 e. The predicted octanol–water partition coefficient (Wildman–Crippen LogP) is 1.61. The third-order valence-corrected chi connectivity index (χ3v) is 3.42. The Morgan fingerprint density at radius 2 is 2.32 bits per heavy atom. The lowest BCUT2D eigenvalue weighted by molar-refractivity contribution is -0.118. The number of nitrogens with zero attached hydrogens (tertiary/aromatic N) is 2. The fourth-order valence-corrected chi connectivity index (χ4v) is 2.55. The van der Waals surface area contributed by atoms with Crippen molar-refractivity contribution in [3.05, 3.63) is 16.5 Å². The third-order valence-electron chi connectivity index (χ3n) is 2.31. The van der Waals surface area contributed by atoms with E-state index in [4.69, 9.17) is 12.2 Å². The van der Waals surface area contributed by atoms with Crippen molar-refractivity contribution in [3.63, 3.8) is 0 Å². The molecule has 0 radical (unpaired) electrons. The Bertz CT molecular complexity index is 473. The number of nitrogens with one attached hydrogen (secondary N) is 2. The summed E-state index contributed by atoms with van der Waals surface area (Å²) < 4.78 is 0.453. The monoisotopic (exact) mass is 300 g/mol. The van der Waals surface area contributed by atoms with Crippen LogP contribution in [-0.4, -0.2) is 53.7 Å². The molecule has 0 bridgehead atoms. The Morgan fingerprint density at radius 3 is 2.95 bits per heavy atom. The van der Waals surface area contributed by atoms with Crippen LogP contribution in [0.25, 0.3) is 0 Å². The molecule has 0 unspecified atom stereocenters. The zero-order valence-corrected chi connectivity index (χ0v) is 13.2. The normalized spacial score (nSPS) is 10.7. The average Bonchev–Trinajstić information content (AvgIpc) is 2.31. The van der Waals surface area contributed by atoms with Crippen LogP contribution >= 0.6 is 24.0 Å². The minimum atomic E-state index is 0.0296. The molecule has 1 amide bonds. The molecule has 1 aromatic heterocycles. The summed E-state index contributed by atoms with van der Waals surface area (Å²) in [5.74, 6) is 0.398. The number of rotatable bonds is 7. The van der Waals surface area contributed by atoms with Crippen LogP contribution in [0.1, 0.15) is 12.1 Å². The molecular formula is C12H20N4OS2. The highest BCUT2D eigenvalue weighted by atomic mass is 32.2. The number of carbonyl (C=O) groups excluding carboxylic acids is 1. The largest absolute Gasteiger partial charge is 0.355 e. The Labute approximate surface area is 123 Å². The first-order valence-electron chi connectivity index (χ1n) is 6.09. The van der Waals surface area contributed by atoms with Crippen molar-refractivity contribution in [1.82, 2.24) is 20.2 Å². The summed E-state index contributed by atoms with van der Waals surface area (Å²) in [6.45, 7) is 3.60.